The largest absolute Gasteiger partial charge is 0.376 e. The highest BCUT2D eigenvalue weighted by Crippen LogP contribution is 2.28. The smallest absolute Gasteiger partial charge is 0.283 e. The molecule has 0 amide bonds. The third-order valence-corrected chi connectivity index (χ3v) is 5.20. The summed E-state index contributed by atoms with van der Waals surface area (Å²) in [6.07, 6.45) is 4.33. The number of hydrogen-bond donors (Lipinski definition) is 0. The number of aromatic nitrogens is 6. The van der Waals surface area contributed by atoms with Crippen LogP contribution in [0.25, 0.3) is 27.9 Å². The maximum Gasteiger partial charge on any atom is 0.283 e. The van der Waals surface area contributed by atoms with Crippen molar-refractivity contribution in [2.75, 3.05) is 6.61 Å². The lowest BCUT2D eigenvalue weighted by molar-refractivity contribution is 0.0960. The first-order valence-corrected chi connectivity index (χ1v) is 9.56. The Hall–Kier alpha value is -3.13. The molecule has 0 N–H and O–H groups in total. The minimum atomic E-state index is -0.218. The second-order valence-corrected chi connectivity index (χ2v) is 6.99. The molecule has 1 fully saturated rings. The Kier molecular flexibility index (Phi) is 4.12. The fraction of sp³-hybridized carbons (Fsp3) is 0.350. The lowest BCUT2D eigenvalue weighted by atomic mass is 10.0. The van der Waals surface area contributed by atoms with Crippen LogP contribution in [-0.4, -0.2) is 42.1 Å². The summed E-state index contributed by atoms with van der Waals surface area (Å²) in [6, 6.07) is 9.98. The normalized spacial score (nSPS) is 17.0. The Labute approximate surface area is 160 Å². The van der Waals surface area contributed by atoms with Crippen LogP contribution in [0, 0.1) is 0 Å². The lowest BCUT2D eigenvalue weighted by Crippen LogP contribution is -2.28. The molecule has 1 unspecified atom stereocenters. The predicted octanol–water partition coefficient (Wildman–Crippen LogP) is 2.24. The van der Waals surface area contributed by atoms with Gasteiger partial charge in [0, 0.05) is 6.61 Å². The Bertz CT molecular complexity index is 1210. The quantitative estimate of drug-likeness (QED) is 0.543. The number of hydrogen-bond acceptors (Lipinski definition) is 6. The molecule has 4 heterocycles. The number of aryl methyl sites for hydroxylation is 1. The highest BCUT2D eigenvalue weighted by atomic mass is 16.5. The first kappa shape index (κ1) is 17.0. The average Bonchev–Trinajstić information content (AvgIpc) is 3.38. The number of rotatable bonds is 4. The average molecular weight is 376 g/mol. The van der Waals surface area contributed by atoms with E-state index in [-0.39, 0.29) is 17.2 Å². The third-order valence-electron chi connectivity index (χ3n) is 5.20. The van der Waals surface area contributed by atoms with E-state index in [1.165, 1.54) is 0 Å². The standard InChI is InChI=1S/C20H20N6O2/c1-2-15-16(13-7-4-3-5-8-13)18-23-22-17-19(26(18)24-15)21-12-25(20(17)27)11-14-9-6-10-28-14/h3-5,7-8,12,14H,2,6,9-11H2,1H3. The van der Waals surface area contributed by atoms with Gasteiger partial charge in [0.15, 0.2) is 16.8 Å². The molecule has 1 saturated heterocycles. The highest BCUT2D eigenvalue weighted by molar-refractivity contribution is 5.83. The fourth-order valence-electron chi connectivity index (χ4n) is 3.79. The van der Waals surface area contributed by atoms with Gasteiger partial charge < -0.3 is 4.74 Å². The van der Waals surface area contributed by atoms with Crippen molar-refractivity contribution >= 4 is 16.8 Å². The molecule has 28 heavy (non-hydrogen) atoms. The van der Waals surface area contributed by atoms with Crippen LogP contribution in [0.3, 0.4) is 0 Å². The van der Waals surface area contributed by atoms with Crippen LogP contribution in [0.1, 0.15) is 25.5 Å². The van der Waals surface area contributed by atoms with Gasteiger partial charge in [-0.05, 0) is 24.8 Å². The van der Waals surface area contributed by atoms with E-state index < -0.39 is 0 Å². The van der Waals surface area contributed by atoms with Crippen molar-refractivity contribution in [3.63, 3.8) is 0 Å². The second-order valence-electron chi connectivity index (χ2n) is 6.99. The summed E-state index contributed by atoms with van der Waals surface area (Å²) in [7, 11) is 0. The van der Waals surface area contributed by atoms with Gasteiger partial charge >= 0.3 is 0 Å². The van der Waals surface area contributed by atoms with Crippen molar-refractivity contribution < 1.29 is 4.74 Å². The lowest BCUT2D eigenvalue weighted by Gasteiger charge is -2.11. The van der Waals surface area contributed by atoms with Gasteiger partial charge in [-0.2, -0.15) is 9.61 Å². The van der Waals surface area contributed by atoms with E-state index in [1.54, 1.807) is 15.4 Å². The topological polar surface area (TPSA) is 87.2 Å². The van der Waals surface area contributed by atoms with Crippen molar-refractivity contribution in [2.24, 2.45) is 0 Å². The Morgan fingerprint density at radius 3 is 2.79 bits per heavy atom. The first-order valence-electron chi connectivity index (χ1n) is 9.56. The molecule has 0 bridgehead atoms. The second kappa shape index (κ2) is 6.79. The number of nitrogens with zero attached hydrogens (tertiary/aromatic N) is 6. The molecule has 5 rings (SSSR count). The van der Waals surface area contributed by atoms with Gasteiger partial charge in [-0.3, -0.25) is 9.36 Å². The predicted molar refractivity (Wildman–Crippen MR) is 104 cm³/mol. The molecule has 1 atom stereocenters. The van der Waals surface area contributed by atoms with Crippen LogP contribution >= 0.6 is 0 Å². The zero-order valence-corrected chi connectivity index (χ0v) is 15.6. The van der Waals surface area contributed by atoms with Crippen molar-refractivity contribution in [1.82, 2.24) is 29.4 Å². The van der Waals surface area contributed by atoms with Crippen LogP contribution in [0.4, 0.5) is 0 Å². The Morgan fingerprint density at radius 2 is 2.04 bits per heavy atom. The summed E-state index contributed by atoms with van der Waals surface area (Å²) < 4.78 is 8.83. The molecular weight excluding hydrogens is 356 g/mol. The molecule has 8 heteroatoms. The summed E-state index contributed by atoms with van der Waals surface area (Å²) in [6.45, 7) is 3.28. The summed E-state index contributed by atoms with van der Waals surface area (Å²) in [4.78, 5) is 17.4. The van der Waals surface area contributed by atoms with Crippen molar-refractivity contribution in [3.8, 4) is 11.1 Å². The van der Waals surface area contributed by atoms with Crippen LogP contribution < -0.4 is 5.56 Å². The molecule has 1 aromatic carbocycles. The van der Waals surface area contributed by atoms with Gasteiger partial charge in [0.1, 0.15) is 6.33 Å². The highest BCUT2D eigenvalue weighted by Gasteiger charge is 2.21. The fourth-order valence-corrected chi connectivity index (χ4v) is 3.79. The number of ether oxygens (including phenoxy) is 1. The Morgan fingerprint density at radius 1 is 1.18 bits per heavy atom. The summed E-state index contributed by atoms with van der Waals surface area (Å²) in [5, 5.41) is 13.3. The number of benzene rings is 1. The van der Waals surface area contributed by atoms with E-state index in [0.717, 1.165) is 42.7 Å². The molecule has 142 valence electrons. The first-order chi connectivity index (χ1) is 13.8. The van der Waals surface area contributed by atoms with E-state index >= 15 is 0 Å². The van der Waals surface area contributed by atoms with Crippen molar-refractivity contribution in [3.05, 3.63) is 52.7 Å². The van der Waals surface area contributed by atoms with Gasteiger partial charge in [0.05, 0.1) is 23.9 Å². The summed E-state index contributed by atoms with van der Waals surface area (Å²) in [5.41, 5.74) is 3.90. The number of fused-ring (bicyclic) bond motifs is 3. The van der Waals surface area contributed by atoms with Gasteiger partial charge in [-0.1, -0.05) is 37.3 Å². The third kappa shape index (κ3) is 2.68. The zero-order valence-electron chi connectivity index (χ0n) is 15.6. The maximum absolute atomic E-state index is 12.9. The van der Waals surface area contributed by atoms with E-state index in [2.05, 4.69) is 20.3 Å². The van der Waals surface area contributed by atoms with Crippen molar-refractivity contribution in [1.29, 1.82) is 0 Å². The van der Waals surface area contributed by atoms with Crippen LogP contribution in [-0.2, 0) is 17.7 Å². The van der Waals surface area contributed by atoms with Crippen LogP contribution in [0.5, 0.6) is 0 Å². The molecule has 0 spiro atoms. The molecule has 0 aliphatic carbocycles. The van der Waals surface area contributed by atoms with Gasteiger partial charge in [-0.15, -0.1) is 10.2 Å². The zero-order chi connectivity index (χ0) is 19.1. The minimum Gasteiger partial charge on any atom is -0.376 e. The molecule has 0 radical (unpaired) electrons. The monoisotopic (exact) mass is 376 g/mol. The van der Waals surface area contributed by atoms with Crippen LogP contribution in [0.15, 0.2) is 41.5 Å². The van der Waals surface area contributed by atoms with Crippen molar-refractivity contribution in [2.45, 2.75) is 38.8 Å². The van der Waals surface area contributed by atoms with Gasteiger partial charge in [-0.25, -0.2) is 4.98 Å². The van der Waals surface area contributed by atoms with E-state index in [1.807, 2.05) is 37.3 Å². The molecule has 8 nitrogen and oxygen atoms in total. The van der Waals surface area contributed by atoms with Gasteiger partial charge in [0.2, 0.25) is 0 Å². The van der Waals surface area contributed by atoms with E-state index in [9.17, 15) is 4.79 Å². The molecular formula is C20H20N6O2. The molecule has 1 aliphatic rings. The Balaban J connectivity index is 1.69. The SMILES string of the molecule is CCc1nn2c(nnc3c(=O)n(CC4CCCO4)cnc32)c1-c1ccccc1. The van der Waals surface area contributed by atoms with Gasteiger partial charge in [0.25, 0.3) is 5.56 Å². The van der Waals surface area contributed by atoms with E-state index in [0.29, 0.717) is 17.8 Å². The molecule has 0 saturated carbocycles. The molecule has 1 aliphatic heterocycles. The summed E-state index contributed by atoms with van der Waals surface area (Å²) >= 11 is 0. The van der Waals surface area contributed by atoms with Crippen LogP contribution in [0.2, 0.25) is 0 Å². The molecule has 4 aromatic rings. The maximum atomic E-state index is 12.9. The van der Waals surface area contributed by atoms with E-state index in [4.69, 9.17) is 4.74 Å². The summed E-state index contributed by atoms with van der Waals surface area (Å²) in [5.74, 6) is 0. The minimum absolute atomic E-state index is 0.0507. The molecule has 3 aromatic heterocycles.